The Morgan fingerprint density at radius 2 is 2.17 bits per heavy atom. The highest BCUT2D eigenvalue weighted by Crippen LogP contribution is 2.41. The lowest BCUT2D eigenvalue weighted by Gasteiger charge is -2.40. The quantitative estimate of drug-likeness (QED) is 0.710. The van der Waals surface area contributed by atoms with Gasteiger partial charge in [0.25, 0.3) is 0 Å². The first kappa shape index (κ1) is 17.7. The fraction of sp³-hybridized carbons (Fsp3) is 0.812. The van der Waals surface area contributed by atoms with Crippen LogP contribution in [0.3, 0.4) is 0 Å². The van der Waals surface area contributed by atoms with Gasteiger partial charge in [0, 0.05) is 19.0 Å². The average molecular weight is 325 g/mol. The second-order valence-electron chi connectivity index (χ2n) is 7.42. The molecule has 0 spiro atoms. The van der Waals surface area contributed by atoms with Crippen LogP contribution in [0.4, 0.5) is 0 Å². The number of hydrogen-bond acceptors (Lipinski definition) is 5. The first-order valence-corrected chi connectivity index (χ1v) is 8.15. The summed E-state index contributed by atoms with van der Waals surface area (Å²) in [6.07, 6.45) is 1.21. The van der Waals surface area contributed by atoms with Crippen molar-refractivity contribution >= 4 is 17.8 Å². The maximum Gasteiger partial charge on any atom is 0.314 e. The van der Waals surface area contributed by atoms with Crippen LogP contribution >= 0.6 is 0 Å². The van der Waals surface area contributed by atoms with E-state index in [1.54, 1.807) is 18.7 Å². The van der Waals surface area contributed by atoms with E-state index < -0.39 is 17.0 Å². The van der Waals surface area contributed by atoms with E-state index in [-0.39, 0.29) is 23.7 Å². The van der Waals surface area contributed by atoms with Crippen molar-refractivity contribution in [3.63, 3.8) is 0 Å². The zero-order valence-corrected chi connectivity index (χ0v) is 14.3. The second kappa shape index (κ2) is 6.11. The van der Waals surface area contributed by atoms with Crippen molar-refractivity contribution in [3.8, 4) is 0 Å². The van der Waals surface area contributed by atoms with Gasteiger partial charge in [-0.3, -0.25) is 14.4 Å². The molecule has 7 nitrogen and oxygen atoms in total. The van der Waals surface area contributed by atoms with Crippen LogP contribution in [0.1, 0.15) is 40.5 Å². The van der Waals surface area contributed by atoms with E-state index in [9.17, 15) is 14.4 Å². The van der Waals surface area contributed by atoms with Gasteiger partial charge in [-0.2, -0.15) is 0 Å². The van der Waals surface area contributed by atoms with Gasteiger partial charge in [0.15, 0.2) is 0 Å². The number of esters is 1. The summed E-state index contributed by atoms with van der Waals surface area (Å²) in [5.74, 6) is -0.597. The fourth-order valence-corrected chi connectivity index (χ4v) is 3.17. The van der Waals surface area contributed by atoms with E-state index in [0.29, 0.717) is 26.1 Å². The topological polar surface area (TPSA) is 102 Å². The summed E-state index contributed by atoms with van der Waals surface area (Å²) in [6, 6.07) is -0.622. The number of fused-ring (bicyclic) bond motifs is 1. The van der Waals surface area contributed by atoms with Gasteiger partial charge in [-0.1, -0.05) is 6.92 Å². The van der Waals surface area contributed by atoms with Crippen molar-refractivity contribution in [2.24, 2.45) is 17.1 Å². The minimum absolute atomic E-state index is 0.163. The van der Waals surface area contributed by atoms with Gasteiger partial charge in [0.05, 0.1) is 17.6 Å². The average Bonchev–Trinajstić information content (AvgIpc) is 2.77. The molecule has 0 aliphatic carbocycles. The lowest BCUT2D eigenvalue weighted by Crippen LogP contribution is -2.59. The van der Waals surface area contributed by atoms with Gasteiger partial charge >= 0.3 is 5.97 Å². The van der Waals surface area contributed by atoms with Crippen molar-refractivity contribution in [1.29, 1.82) is 0 Å². The van der Waals surface area contributed by atoms with Crippen molar-refractivity contribution in [2.45, 2.75) is 52.1 Å². The molecule has 2 rings (SSSR count). The van der Waals surface area contributed by atoms with Crippen molar-refractivity contribution in [3.05, 3.63) is 0 Å². The molecule has 23 heavy (non-hydrogen) atoms. The van der Waals surface area contributed by atoms with E-state index >= 15 is 0 Å². The molecule has 0 aromatic heterocycles. The highest BCUT2D eigenvalue weighted by molar-refractivity contribution is 5.92. The van der Waals surface area contributed by atoms with Crippen LogP contribution in [0.25, 0.3) is 0 Å². The summed E-state index contributed by atoms with van der Waals surface area (Å²) in [5, 5.41) is 2.72. The first-order chi connectivity index (χ1) is 10.6. The zero-order valence-electron chi connectivity index (χ0n) is 14.3. The summed E-state index contributed by atoms with van der Waals surface area (Å²) in [6.45, 7) is 8.25. The van der Waals surface area contributed by atoms with Crippen LogP contribution in [0.15, 0.2) is 0 Å². The summed E-state index contributed by atoms with van der Waals surface area (Å²) < 4.78 is 5.16. The molecule has 3 N–H and O–H groups in total. The molecule has 130 valence electrons. The van der Waals surface area contributed by atoms with Crippen molar-refractivity contribution < 1.29 is 19.1 Å². The van der Waals surface area contributed by atoms with Crippen LogP contribution < -0.4 is 11.1 Å². The third-order valence-electron chi connectivity index (χ3n) is 4.96. The Labute approximate surface area is 136 Å². The predicted molar refractivity (Wildman–Crippen MR) is 84.2 cm³/mol. The molecule has 0 bridgehead atoms. The summed E-state index contributed by atoms with van der Waals surface area (Å²) in [4.78, 5) is 38.5. The number of nitrogens with two attached hydrogens (primary N) is 1. The number of likely N-dealkylation sites (tertiary alicyclic amines) is 1. The number of carbonyl (C=O) groups excluding carboxylic acids is 3. The van der Waals surface area contributed by atoms with Crippen LogP contribution in [-0.4, -0.2) is 54.0 Å². The van der Waals surface area contributed by atoms with Gasteiger partial charge < -0.3 is 20.7 Å². The summed E-state index contributed by atoms with van der Waals surface area (Å²) >= 11 is 0. The molecule has 0 aromatic rings. The third-order valence-corrected chi connectivity index (χ3v) is 4.96. The smallest absolute Gasteiger partial charge is 0.314 e. The van der Waals surface area contributed by atoms with E-state index in [4.69, 9.17) is 10.5 Å². The lowest BCUT2D eigenvalue weighted by atomic mass is 9.74. The number of nitrogens with zero attached hydrogens (tertiary/aromatic N) is 1. The highest BCUT2D eigenvalue weighted by Gasteiger charge is 2.52. The maximum absolute atomic E-state index is 12.7. The SMILES string of the molecule is CC[C@@H](NC(=O)C(C)(C)N)C(=O)N1CCC2COC(=O)C2(C)C1. The molecule has 2 heterocycles. The number of nitrogens with one attached hydrogen (secondary N) is 1. The van der Waals surface area contributed by atoms with Gasteiger partial charge in [-0.05, 0) is 33.6 Å². The first-order valence-electron chi connectivity index (χ1n) is 8.15. The number of hydrogen-bond donors (Lipinski definition) is 2. The number of carbonyl (C=O) groups is 3. The Morgan fingerprint density at radius 3 is 2.74 bits per heavy atom. The van der Waals surface area contributed by atoms with Crippen LogP contribution in [0, 0.1) is 11.3 Å². The van der Waals surface area contributed by atoms with Gasteiger partial charge in [-0.25, -0.2) is 0 Å². The molecule has 2 amide bonds. The number of rotatable bonds is 4. The van der Waals surface area contributed by atoms with Crippen LogP contribution in [-0.2, 0) is 19.1 Å². The van der Waals surface area contributed by atoms with Crippen LogP contribution in [0.2, 0.25) is 0 Å². The summed E-state index contributed by atoms with van der Waals surface area (Å²) in [5.41, 5.74) is 4.10. The monoisotopic (exact) mass is 325 g/mol. The van der Waals surface area contributed by atoms with Gasteiger partial charge in [-0.15, -0.1) is 0 Å². The highest BCUT2D eigenvalue weighted by atomic mass is 16.5. The fourth-order valence-electron chi connectivity index (χ4n) is 3.17. The second-order valence-corrected chi connectivity index (χ2v) is 7.42. The van der Waals surface area contributed by atoms with Gasteiger partial charge in [0.2, 0.25) is 11.8 Å². The maximum atomic E-state index is 12.7. The Morgan fingerprint density at radius 1 is 1.52 bits per heavy atom. The summed E-state index contributed by atoms with van der Waals surface area (Å²) in [7, 11) is 0. The minimum atomic E-state index is -1.04. The molecular formula is C16H27N3O4. The van der Waals surface area contributed by atoms with Crippen molar-refractivity contribution in [1.82, 2.24) is 10.2 Å². The Kier molecular flexibility index (Phi) is 4.71. The molecule has 2 fully saturated rings. The molecule has 2 unspecified atom stereocenters. The predicted octanol–water partition coefficient (Wildman–Crippen LogP) is 0.0301. The standard InChI is InChI=1S/C16H27N3O4/c1-5-11(18-13(21)15(2,3)17)12(20)19-7-6-10-8-23-14(22)16(10,4)9-19/h10-11H,5-9,17H2,1-4H3,(H,18,21)/t10?,11-,16?/m1/s1. The molecule has 7 heteroatoms. The van der Waals surface area contributed by atoms with E-state index in [2.05, 4.69) is 5.32 Å². The molecule has 0 radical (unpaired) electrons. The number of ether oxygens (including phenoxy) is 1. The van der Waals surface area contributed by atoms with Crippen LogP contribution in [0.5, 0.6) is 0 Å². The molecule has 2 aliphatic rings. The molecule has 2 aliphatic heterocycles. The largest absolute Gasteiger partial charge is 0.465 e. The Hall–Kier alpha value is -1.63. The third kappa shape index (κ3) is 3.34. The lowest BCUT2D eigenvalue weighted by molar-refractivity contribution is -0.150. The minimum Gasteiger partial charge on any atom is -0.465 e. The number of cyclic esters (lactones) is 1. The van der Waals surface area contributed by atoms with E-state index in [1.165, 1.54) is 0 Å². The van der Waals surface area contributed by atoms with E-state index in [1.807, 2.05) is 13.8 Å². The molecule has 2 saturated heterocycles. The molecule has 3 atom stereocenters. The molecular weight excluding hydrogens is 298 g/mol. The zero-order chi connectivity index (χ0) is 17.4. The number of amides is 2. The normalized spacial score (nSPS) is 28.8. The Bertz CT molecular complexity index is 514. The van der Waals surface area contributed by atoms with E-state index in [0.717, 1.165) is 6.42 Å². The van der Waals surface area contributed by atoms with Crippen molar-refractivity contribution in [2.75, 3.05) is 19.7 Å². The molecule has 0 aromatic carbocycles. The number of piperidine rings is 1. The molecule has 0 saturated carbocycles. The Balaban J connectivity index is 2.07. The van der Waals surface area contributed by atoms with Gasteiger partial charge in [0.1, 0.15) is 6.04 Å².